The maximum atomic E-state index is 15.4. The van der Waals surface area contributed by atoms with Crippen molar-refractivity contribution in [2.75, 3.05) is 81.6 Å². The summed E-state index contributed by atoms with van der Waals surface area (Å²) in [6.07, 6.45) is -0.851. The maximum Gasteiger partial charge on any atom is 0.248 e. The van der Waals surface area contributed by atoms with Crippen LogP contribution < -0.4 is 21.3 Å². The van der Waals surface area contributed by atoms with Crippen molar-refractivity contribution < 1.29 is 67.7 Å². The molecule has 0 radical (unpaired) electrons. The van der Waals surface area contributed by atoms with Crippen LogP contribution in [0.2, 0.25) is 0 Å². The molecule has 6 N–H and O–H groups in total. The average Bonchev–Trinajstić information content (AvgIpc) is 0.820. The molecule has 0 saturated carbocycles. The second-order valence-electron chi connectivity index (χ2n) is 29.7. The number of nitrogens with one attached hydrogen (secondary N) is 4. The Kier molecular flexibility index (Phi) is 33.2. The Morgan fingerprint density at radius 1 is 0.563 bits per heavy atom. The number of nitrogens with zero attached hydrogens (tertiary/aromatic N) is 8. The summed E-state index contributed by atoms with van der Waals surface area (Å²) in [6, 6.07) is 14.5. The summed E-state index contributed by atoms with van der Waals surface area (Å²) in [5.74, 6) is -9.30. The zero-order valence-corrected chi connectivity index (χ0v) is 63.9. The molecule has 0 spiro atoms. The molecule has 2 saturated heterocycles. The molecule has 570 valence electrons. The minimum Gasteiger partial charge on any atom is -0.391 e. The van der Waals surface area contributed by atoms with Gasteiger partial charge in [-0.2, -0.15) is 0 Å². The minimum atomic E-state index is -1.69. The van der Waals surface area contributed by atoms with Gasteiger partial charge in [0.2, 0.25) is 65.0 Å². The van der Waals surface area contributed by atoms with Crippen LogP contribution in [0.3, 0.4) is 0 Å². The Morgan fingerprint density at radius 2 is 1.08 bits per heavy atom. The van der Waals surface area contributed by atoms with E-state index in [1.54, 1.807) is 119 Å². The predicted octanol–water partition coefficient (Wildman–Crippen LogP) is 3.64. The smallest absolute Gasteiger partial charge is 0.248 e. The maximum absolute atomic E-state index is 15.4. The molecule has 5 rings (SSSR count). The van der Waals surface area contributed by atoms with Gasteiger partial charge in [0.25, 0.3) is 0 Å². The lowest BCUT2D eigenvalue weighted by molar-refractivity contribution is -0.151. The standard InChI is InChI=1S/C77H118N12O14/c1-18-38-89-47-64(93)83(13)59(42-53-32-24-20-25-33-53)69(95)80-65(51(7)19-2)76(102)86(16)60(43-54-34-26-21-27-35-54)70(96)81-66(52(8)90)75(101)82(12)46-63(92)84(14)61(44-55-36-28-22-29-37-55)74(100)85(15)58(41-49(3)4)68(94)79-57(48-103-77(9,10)11)72(98)87(17)67(50(5)6)71(97)78-56(45-62(89)91)73(99)88-39-30-23-31-40-88/h20-22,24-29,32-37,49-52,56-61,65-67,69,80,90,95H,18-19,23,30-31,38-48H2,1-17H3,(H,78,97)(H,79,94)(H,81,96)/t51-,52+,56-,57-,58-,59-,60-,61-,65-,66-,67-,69?/m0/s1. The molecule has 3 aromatic rings. The summed E-state index contributed by atoms with van der Waals surface area (Å²) in [6.45, 7) is 18.3. The van der Waals surface area contributed by atoms with Gasteiger partial charge in [-0.1, -0.05) is 146 Å². The summed E-state index contributed by atoms with van der Waals surface area (Å²) < 4.78 is 6.20. The van der Waals surface area contributed by atoms with E-state index in [9.17, 15) is 29.4 Å². The highest BCUT2D eigenvalue weighted by Gasteiger charge is 2.44. The fourth-order valence-corrected chi connectivity index (χ4v) is 13.1. The van der Waals surface area contributed by atoms with E-state index in [0.29, 0.717) is 55.5 Å². The van der Waals surface area contributed by atoms with Gasteiger partial charge < -0.3 is 70.1 Å². The Labute approximate surface area is 610 Å². The van der Waals surface area contributed by atoms with Crippen molar-refractivity contribution in [3.05, 3.63) is 108 Å². The van der Waals surface area contributed by atoms with Crippen molar-refractivity contribution in [1.82, 2.24) is 60.5 Å². The van der Waals surface area contributed by atoms with Crippen LogP contribution >= 0.6 is 0 Å². The lowest BCUT2D eigenvalue weighted by Gasteiger charge is -2.39. The van der Waals surface area contributed by atoms with E-state index >= 15 is 33.6 Å². The van der Waals surface area contributed by atoms with E-state index in [1.807, 2.05) is 45.9 Å². The molecular weight excluding hydrogens is 1320 g/mol. The first-order valence-electron chi connectivity index (χ1n) is 36.4. The minimum absolute atomic E-state index is 0.0428. The van der Waals surface area contributed by atoms with Gasteiger partial charge in [0, 0.05) is 74.8 Å². The Balaban J connectivity index is 1.71. The SMILES string of the molecule is CCCN1CC(=O)N(C)[C@@H](Cc2ccccc2)C(O)N[C@@H]([C@@H](C)CC)C(=O)N(C)[C@@H](Cc2ccccc2)C(=O)N[C@@H]([C@@H](C)O)C(=O)N(C)CC(=O)N(C)[C@@H](Cc2ccccc2)C(=O)N(C)[C@@H](CC(C)C)C(=O)N[C@@H](COC(C)(C)C)C(=O)N(C)[C@@H](C(C)C)C(=O)N[C@H](C(=O)N2CCCCC2)CC1=O. The van der Waals surface area contributed by atoms with Crippen LogP contribution in [-0.2, 0) is 76.7 Å². The fraction of sp³-hybridized carbons (Fsp3) is 0.623. The van der Waals surface area contributed by atoms with Gasteiger partial charge in [-0.05, 0) is 101 Å². The average molecular weight is 1440 g/mol. The summed E-state index contributed by atoms with van der Waals surface area (Å²) in [5, 5.41) is 35.6. The molecule has 0 aromatic heterocycles. The first kappa shape index (κ1) is 85.3. The Bertz CT molecular complexity index is 3290. The number of likely N-dealkylation sites (N-methyl/N-ethyl adjacent to an activating group) is 6. The molecule has 26 heteroatoms. The van der Waals surface area contributed by atoms with Gasteiger partial charge in [-0.15, -0.1) is 0 Å². The lowest BCUT2D eigenvalue weighted by Crippen LogP contribution is -2.63. The van der Waals surface area contributed by atoms with Gasteiger partial charge in [0.1, 0.15) is 48.5 Å². The lowest BCUT2D eigenvalue weighted by atomic mass is 9.94. The molecule has 0 bridgehead atoms. The molecule has 103 heavy (non-hydrogen) atoms. The molecular formula is C77H118N12O14. The number of hydrogen-bond donors (Lipinski definition) is 6. The van der Waals surface area contributed by atoms with Crippen LogP contribution in [0.15, 0.2) is 91.0 Å². The monoisotopic (exact) mass is 1430 g/mol. The summed E-state index contributed by atoms with van der Waals surface area (Å²) in [7, 11) is 8.41. The molecule has 2 fully saturated rings. The normalized spacial score (nSPS) is 25.1. The van der Waals surface area contributed by atoms with E-state index in [-0.39, 0.29) is 38.1 Å². The Hall–Kier alpha value is -8.33. The second kappa shape index (κ2) is 40.1. The highest BCUT2D eigenvalue weighted by atomic mass is 16.5. The molecule has 2 aliphatic rings. The number of benzene rings is 3. The predicted molar refractivity (Wildman–Crippen MR) is 393 cm³/mol. The van der Waals surface area contributed by atoms with Crippen molar-refractivity contribution in [3.63, 3.8) is 0 Å². The van der Waals surface area contributed by atoms with Crippen molar-refractivity contribution in [2.24, 2.45) is 17.8 Å². The fourth-order valence-electron chi connectivity index (χ4n) is 13.1. The number of aliphatic hydroxyl groups is 2. The number of likely N-dealkylation sites (tertiary alicyclic amines) is 1. The zero-order valence-electron chi connectivity index (χ0n) is 63.9. The third kappa shape index (κ3) is 24.7. The number of ether oxygens (including phenoxy) is 1. The van der Waals surface area contributed by atoms with Gasteiger partial charge in [0.15, 0.2) is 0 Å². The molecule has 26 nitrogen and oxygen atoms in total. The van der Waals surface area contributed by atoms with Crippen molar-refractivity contribution >= 4 is 65.0 Å². The molecule has 12 atom stereocenters. The van der Waals surface area contributed by atoms with Gasteiger partial charge in [-0.3, -0.25) is 58.1 Å². The van der Waals surface area contributed by atoms with Crippen molar-refractivity contribution in [1.29, 1.82) is 0 Å². The molecule has 1 unspecified atom stereocenters. The number of carbonyl (C=O) groups is 11. The Morgan fingerprint density at radius 3 is 1.58 bits per heavy atom. The molecule has 3 aromatic carbocycles. The van der Waals surface area contributed by atoms with Crippen LogP contribution in [0, 0.1) is 17.8 Å². The van der Waals surface area contributed by atoms with E-state index in [2.05, 4.69) is 21.3 Å². The summed E-state index contributed by atoms with van der Waals surface area (Å²) in [5.41, 5.74) is 1.12. The van der Waals surface area contributed by atoms with Crippen molar-refractivity contribution in [2.45, 2.75) is 213 Å². The van der Waals surface area contributed by atoms with Crippen molar-refractivity contribution in [3.8, 4) is 0 Å². The second-order valence-corrected chi connectivity index (χ2v) is 29.7. The van der Waals surface area contributed by atoms with E-state index in [0.717, 1.165) is 11.3 Å². The molecule has 0 aliphatic carbocycles. The summed E-state index contributed by atoms with van der Waals surface area (Å²) >= 11 is 0. The highest BCUT2D eigenvalue weighted by molar-refractivity contribution is 5.99. The highest BCUT2D eigenvalue weighted by Crippen LogP contribution is 2.24. The first-order chi connectivity index (χ1) is 48.5. The molecule has 2 aliphatic heterocycles. The largest absolute Gasteiger partial charge is 0.391 e. The number of rotatable bonds is 17. The zero-order chi connectivity index (χ0) is 76.7. The molecule has 11 amide bonds. The van der Waals surface area contributed by atoms with Gasteiger partial charge in [0.05, 0.1) is 49.9 Å². The van der Waals surface area contributed by atoms with Crippen LogP contribution in [-0.4, -0.2) is 268 Å². The summed E-state index contributed by atoms with van der Waals surface area (Å²) in [4.78, 5) is 176. The van der Waals surface area contributed by atoms with E-state index < -0.39 is 175 Å². The van der Waals surface area contributed by atoms with Crippen LogP contribution in [0.4, 0.5) is 0 Å². The van der Waals surface area contributed by atoms with Gasteiger partial charge in [-0.25, -0.2) is 0 Å². The number of aliphatic hydroxyl groups excluding tert-OH is 2. The number of hydrogen-bond acceptors (Lipinski definition) is 15. The number of amides is 11. The first-order valence-corrected chi connectivity index (χ1v) is 36.4. The van der Waals surface area contributed by atoms with Crippen LogP contribution in [0.1, 0.15) is 138 Å². The quantitative estimate of drug-likeness (QED) is 0.112. The third-order valence-electron chi connectivity index (χ3n) is 19.6. The van der Waals surface area contributed by atoms with E-state index in [1.165, 1.54) is 78.6 Å². The van der Waals surface area contributed by atoms with Crippen LogP contribution in [0.5, 0.6) is 0 Å². The molecule has 2 heterocycles. The van der Waals surface area contributed by atoms with E-state index in [4.69, 9.17) is 4.74 Å². The third-order valence-corrected chi connectivity index (χ3v) is 19.6. The number of carbonyl (C=O) groups excluding carboxylic acids is 11. The van der Waals surface area contributed by atoms with Gasteiger partial charge >= 0.3 is 0 Å². The topological polar surface area (TPSA) is 312 Å². The number of piperidine rings is 1. The van der Waals surface area contributed by atoms with Crippen LogP contribution in [0.25, 0.3) is 0 Å².